The number of fused-ring (bicyclic) bond motifs is 2. The number of hydrogen-bond acceptors (Lipinski definition) is 3. The van der Waals surface area contributed by atoms with E-state index in [-0.39, 0.29) is 5.82 Å². The third-order valence-corrected chi connectivity index (χ3v) is 5.56. The molecule has 0 radical (unpaired) electrons. The van der Waals surface area contributed by atoms with Crippen LogP contribution in [0, 0.1) is 5.82 Å². The molecule has 1 N–H and O–H groups in total. The lowest BCUT2D eigenvalue weighted by atomic mass is 9.85. The van der Waals surface area contributed by atoms with E-state index in [1.54, 1.807) is 13.2 Å². The number of aliphatic hydroxyl groups is 1. The lowest BCUT2D eigenvalue weighted by Crippen LogP contribution is -2.35. The second-order valence-electron chi connectivity index (χ2n) is 5.24. The Hall–Kier alpha value is -0.740. The minimum atomic E-state index is -0.926. The van der Waals surface area contributed by atoms with E-state index < -0.39 is 5.60 Å². The van der Waals surface area contributed by atoms with E-state index in [0.717, 1.165) is 12.8 Å². The fourth-order valence-electron chi connectivity index (χ4n) is 3.18. The van der Waals surface area contributed by atoms with Gasteiger partial charge in [-0.1, -0.05) is 0 Å². The average molecular weight is 268 g/mol. The van der Waals surface area contributed by atoms with E-state index in [1.165, 1.54) is 12.1 Å². The van der Waals surface area contributed by atoms with Gasteiger partial charge in [-0.25, -0.2) is 4.39 Å². The van der Waals surface area contributed by atoms with E-state index >= 15 is 0 Å². The van der Waals surface area contributed by atoms with Crippen molar-refractivity contribution in [2.45, 2.75) is 41.8 Å². The molecule has 0 amide bonds. The lowest BCUT2D eigenvalue weighted by Gasteiger charge is -2.37. The zero-order valence-corrected chi connectivity index (χ0v) is 11.2. The van der Waals surface area contributed by atoms with Gasteiger partial charge in [-0.05, 0) is 43.9 Å². The first-order chi connectivity index (χ1) is 8.60. The van der Waals surface area contributed by atoms with Crippen LogP contribution in [0.2, 0.25) is 0 Å². The zero-order chi connectivity index (χ0) is 12.8. The molecular weight excluding hydrogens is 251 g/mol. The van der Waals surface area contributed by atoms with Crippen LogP contribution in [0.15, 0.2) is 18.2 Å². The van der Waals surface area contributed by atoms with Crippen molar-refractivity contribution < 1.29 is 14.2 Å². The molecule has 2 saturated heterocycles. The summed E-state index contributed by atoms with van der Waals surface area (Å²) < 4.78 is 18.7. The molecule has 1 aromatic carbocycles. The molecule has 2 unspecified atom stereocenters. The summed E-state index contributed by atoms with van der Waals surface area (Å²) >= 11 is 1.97. The maximum Gasteiger partial charge on any atom is 0.125 e. The topological polar surface area (TPSA) is 29.5 Å². The fourth-order valence-corrected chi connectivity index (χ4v) is 5.01. The molecule has 98 valence electrons. The van der Waals surface area contributed by atoms with Gasteiger partial charge in [0.1, 0.15) is 11.6 Å². The van der Waals surface area contributed by atoms with E-state index in [1.807, 2.05) is 11.8 Å². The highest BCUT2D eigenvalue weighted by molar-refractivity contribution is 8.00. The van der Waals surface area contributed by atoms with Gasteiger partial charge in [-0.2, -0.15) is 11.8 Å². The molecule has 2 atom stereocenters. The standard InChI is InChI=1S/C14H17FO2S/c1-17-13-5-2-9(15)6-12(13)14(16)7-10-3-4-11(8-14)18-10/h2,5-6,10-11,16H,3-4,7-8H2,1H3. The van der Waals surface area contributed by atoms with Gasteiger partial charge in [0, 0.05) is 16.1 Å². The molecule has 0 aromatic heterocycles. The maximum atomic E-state index is 13.4. The van der Waals surface area contributed by atoms with Gasteiger partial charge in [-0.15, -0.1) is 0 Å². The molecule has 3 rings (SSSR count). The van der Waals surface area contributed by atoms with Crippen LogP contribution in [0.1, 0.15) is 31.2 Å². The SMILES string of the molecule is COc1ccc(F)cc1C1(O)CC2CCC(C1)S2. The zero-order valence-electron chi connectivity index (χ0n) is 10.4. The van der Waals surface area contributed by atoms with Crippen LogP contribution in [-0.4, -0.2) is 22.7 Å². The number of rotatable bonds is 2. The first-order valence-corrected chi connectivity index (χ1v) is 7.27. The fraction of sp³-hybridized carbons (Fsp3) is 0.571. The predicted molar refractivity (Wildman–Crippen MR) is 70.5 cm³/mol. The highest BCUT2D eigenvalue weighted by Gasteiger charge is 2.45. The number of methoxy groups -OCH3 is 1. The predicted octanol–water partition coefficient (Wildman–Crippen LogP) is 3.08. The third kappa shape index (κ3) is 2.01. The first-order valence-electron chi connectivity index (χ1n) is 6.32. The third-order valence-electron chi connectivity index (χ3n) is 3.99. The molecular formula is C14H17FO2S. The minimum absolute atomic E-state index is 0.315. The summed E-state index contributed by atoms with van der Waals surface area (Å²) in [6.07, 6.45) is 3.73. The molecule has 2 fully saturated rings. The second kappa shape index (κ2) is 4.42. The van der Waals surface area contributed by atoms with E-state index in [4.69, 9.17) is 4.74 Å². The Labute approximate surface area is 111 Å². The van der Waals surface area contributed by atoms with Crippen LogP contribution in [0.5, 0.6) is 5.75 Å². The lowest BCUT2D eigenvalue weighted by molar-refractivity contribution is 0.0171. The van der Waals surface area contributed by atoms with Gasteiger partial charge >= 0.3 is 0 Å². The van der Waals surface area contributed by atoms with Gasteiger partial charge in [0.05, 0.1) is 12.7 Å². The largest absolute Gasteiger partial charge is 0.496 e. The summed E-state index contributed by atoms with van der Waals surface area (Å²) in [5.74, 6) is 0.273. The smallest absolute Gasteiger partial charge is 0.125 e. The molecule has 2 nitrogen and oxygen atoms in total. The molecule has 2 bridgehead atoms. The van der Waals surface area contributed by atoms with Crippen molar-refractivity contribution in [2.24, 2.45) is 0 Å². The second-order valence-corrected chi connectivity index (χ2v) is 6.85. The Morgan fingerprint density at radius 1 is 1.33 bits per heavy atom. The quantitative estimate of drug-likeness (QED) is 0.894. The normalized spacial score (nSPS) is 34.6. The summed E-state index contributed by atoms with van der Waals surface area (Å²) in [6.45, 7) is 0. The summed E-state index contributed by atoms with van der Waals surface area (Å²) in [5, 5.41) is 11.9. The molecule has 2 aliphatic rings. The molecule has 2 heterocycles. The molecule has 0 spiro atoms. The Morgan fingerprint density at radius 2 is 2.00 bits per heavy atom. The van der Waals surface area contributed by atoms with E-state index in [9.17, 15) is 9.50 Å². The summed E-state index contributed by atoms with van der Waals surface area (Å²) in [5.41, 5.74) is -0.313. The maximum absolute atomic E-state index is 13.4. The average Bonchev–Trinajstić information content (AvgIpc) is 2.69. The summed E-state index contributed by atoms with van der Waals surface area (Å²) in [7, 11) is 1.56. The highest BCUT2D eigenvalue weighted by Crippen LogP contribution is 2.52. The highest BCUT2D eigenvalue weighted by atomic mass is 32.2. The summed E-state index contributed by atoms with van der Waals surface area (Å²) in [4.78, 5) is 0. The van der Waals surface area contributed by atoms with E-state index in [0.29, 0.717) is 34.7 Å². The van der Waals surface area contributed by atoms with Crippen molar-refractivity contribution in [2.75, 3.05) is 7.11 Å². The molecule has 0 saturated carbocycles. The van der Waals surface area contributed by atoms with Crippen molar-refractivity contribution in [3.63, 3.8) is 0 Å². The number of thioether (sulfide) groups is 1. The van der Waals surface area contributed by atoms with Gasteiger partial charge in [0.15, 0.2) is 0 Å². The van der Waals surface area contributed by atoms with Gasteiger partial charge in [-0.3, -0.25) is 0 Å². The number of halogens is 1. The van der Waals surface area contributed by atoms with Crippen LogP contribution in [0.4, 0.5) is 4.39 Å². The monoisotopic (exact) mass is 268 g/mol. The Morgan fingerprint density at radius 3 is 2.61 bits per heavy atom. The number of benzene rings is 1. The van der Waals surface area contributed by atoms with Gasteiger partial charge in [0.25, 0.3) is 0 Å². The van der Waals surface area contributed by atoms with Crippen LogP contribution >= 0.6 is 11.8 Å². The Bertz CT molecular complexity index is 451. The van der Waals surface area contributed by atoms with Crippen LogP contribution < -0.4 is 4.74 Å². The van der Waals surface area contributed by atoms with Crippen molar-refractivity contribution in [3.05, 3.63) is 29.6 Å². The van der Waals surface area contributed by atoms with Gasteiger partial charge in [0.2, 0.25) is 0 Å². The van der Waals surface area contributed by atoms with Crippen LogP contribution in [0.3, 0.4) is 0 Å². The Balaban J connectivity index is 2.00. The van der Waals surface area contributed by atoms with Crippen molar-refractivity contribution in [1.29, 1.82) is 0 Å². The molecule has 18 heavy (non-hydrogen) atoms. The number of ether oxygens (including phenoxy) is 1. The minimum Gasteiger partial charge on any atom is -0.496 e. The molecule has 4 heteroatoms. The number of hydrogen-bond donors (Lipinski definition) is 1. The summed E-state index contributed by atoms with van der Waals surface area (Å²) in [6, 6.07) is 4.40. The van der Waals surface area contributed by atoms with Gasteiger partial charge < -0.3 is 9.84 Å². The Kier molecular flexibility index (Phi) is 3.02. The van der Waals surface area contributed by atoms with Crippen LogP contribution in [-0.2, 0) is 5.60 Å². The van der Waals surface area contributed by atoms with Crippen molar-refractivity contribution in [3.8, 4) is 5.75 Å². The van der Waals surface area contributed by atoms with Crippen LogP contribution in [0.25, 0.3) is 0 Å². The van der Waals surface area contributed by atoms with Crippen molar-refractivity contribution >= 4 is 11.8 Å². The van der Waals surface area contributed by atoms with E-state index in [2.05, 4.69) is 0 Å². The first kappa shape index (κ1) is 12.3. The molecule has 0 aliphatic carbocycles. The molecule has 1 aromatic rings. The van der Waals surface area contributed by atoms with Crippen molar-refractivity contribution in [1.82, 2.24) is 0 Å². The molecule has 2 aliphatic heterocycles.